The predicted molar refractivity (Wildman–Crippen MR) is 72.7 cm³/mol. The van der Waals surface area contributed by atoms with E-state index < -0.39 is 9.84 Å². The number of nitrogens with zero attached hydrogens (tertiary/aromatic N) is 2. The van der Waals surface area contributed by atoms with Crippen molar-refractivity contribution < 1.29 is 18.0 Å². The average Bonchev–Trinajstić information content (AvgIpc) is 2.85. The molecule has 7 heteroatoms. The van der Waals surface area contributed by atoms with Crippen molar-refractivity contribution in [3.05, 3.63) is 0 Å². The maximum absolute atomic E-state index is 12.6. The van der Waals surface area contributed by atoms with Gasteiger partial charge in [-0.15, -0.1) is 0 Å². The van der Waals surface area contributed by atoms with Gasteiger partial charge in [0.05, 0.1) is 11.5 Å². The van der Waals surface area contributed by atoms with Crippen LogP contribution in [-0.4, -0.2) is 66.7 Å². The fraction of sp³-hybridized carbons (Fsp3) is 0.846. The monoisotopic (exact) mass is 300 g/mol. The molecule has 3 rings (SSSR count). The van der Waals surface area contributed by atoms with Crippen LogP contribution in [0.5, 0.6) is 0 Å². The van der Waals surface area contributed by atoms with Crippen molar-refractivity contribution in [1.82, 2.24) is 9.80 Å². The fourth-order valence-corrected chi connectivity index (χ4v) is 5.00. The summed E-state index contributed by atoms with van der Waals surface area (Å²) < 4.78 is 23.0. The van der Waals surface area contributed by atoms with E-state index in [1.807, 2.05) is 0 Å². The summed E-state index contributed by atoms with van der Waals surface area (Å²) in [5.74, 6) is 0.400. The summed E-state index contributed by atoms with van der Waals surface area (Å²) in [7, 11) is -2.92. The zero-order chi connectivity index (χ0) is 14.3. The van der Waals surface area contributed by atoms with Gasteiger partial charge in [0, 0.05) is 25.6 Å². The molecule has 3 aliphatic rings. The summed E-state index contributed by atoms with van der Waals surface area (Å²) in [6, 6.07) is -0.317. The molecule has 3 saturated heterocycles. The van der Waals surface area contributed by atoms with Crippen molar-refractivity contribution in [2.45, 2.75) is 44.2 Å². The first-order chi connectivity index (χ1) is 9.48. The van der Waals surface area contributed by atoms with Crippen LogP contribution in [0.4, 0.5) is 0 Å². The molecular formula is C13H20N2O4S. The van der Waals surface area contributed by atoms with Crippen LogP contribution in [0.25, 0.3) is 0 Å². The van der Waals surface area contributed by atoms with Gasteiger partial charge in [0.1, 0.15) is 15.9 Å². The van der Waals surface area contributed by atoms with Gasteiger partial charge >= 0.3 is 0 Å². The first-order valence-electron chi connectivity index (χ1n) is 7.28. The van der Waals surface area contributed by atoms with E-state index in [0.29, 0.717) is 32.4 Å². The highest BCUT2D eigenvalue weighted by atomic mass is 32.2. The van der Waals surface area contributed by atoms with Gasteiger partial charge in [-0.1, -0.05) is 0 Å². The molecule has 3 heterocycles. The molecule has 3 aliphatic heterocycles. The molecule has 112 valence electrons. The number of hydrogen-bond donors (Lipinski definition) is 0. The summed E-state index contributed by atoms with van der Waals surface area (Å²) in [5, 5.41) is 0. The molecule has 0 spiro atoms. The van der Waals surface area contributed by atoms with E-state index in [-0.39, 0.29) is 35.4 Å². The lowest BCUT2D eigenvalue weighted by atomic mass is 10.1. The van der Waals surface area contributed by atoms with Crippen molar-refractivity contribution in [2.24, 2.45) is 0 Å². The molecule has 0 aromatic carbocycles. The van der Waals surface area contributed by atoms with Gasteiger partial charge in [0.25, 0.3) is 0 Å². The Balaban J connectivity index is 1.76. The van der Waals surface area contributed by atoms with Gasteiger partial charge in [0.15, 0.2) is 0 Å². The summed E-state index contributed by atoms with van der Waals surface area (Å²) in [5.41, 5.74) is 0. The molecule has 1 unspecified atom stereocenters. The average molecular weight is 300 g/mol. The number of hydrogen-bond acceptors (Lipinski definition) is 4. The highest BCUT2D eigenvalue weighted by Crippen LogP contribution is 2.27. The second-order valence-corrected chi connectivity index (χ2v) is 8.21. The van der Waals surface area contributed by atoms with Crippen LogP contribution in [0.15, 0.2) is 0 Å². The lowest BCUT2D eigenvalue weighted by molar-refractivity contribution is -0.140. The third kappa shape index (κ3) is 2.43. The van der Waals surface area contributed by atoms with Crippen LogP contribution in [0.1, 0.15) is 32.1 Å². The Morgan fingerprint density at radius 2 is 1.65 bits per heavy atom. The quantitative estimate of drug-likeness (QED) is 0.671. The van der Waals surface area contributed by atoms with Crippen molar-refractivity contribution in [3.8, 4) is 0 Å². The predicted octanol–water partition coefficient (Wildman–Crippen LogP) is -0.213. The van der Waals surface area contributed by atoms with E-state index in [1.54, 1.807) is 9.80 Å². The topological polar surface area (TPSA) is 74.8 Å². The Bertz CT molecular complexity index is 516. The zero-order valence-electron chi connectivity index (χ0n) is 11.5. The number of sulfone groups is 1. The normalized spacial score (nSPS) is 31.3. The first-order valence-corrected chi connectivity index (χ1v) is 9.10. The molecule has 0 bridgehead atoms. The number of carbonyl (C=O) groups is 2. The van der Waals surface area contributed by atoms with E-state index >= 15 is 0 Å². The molecule has 3 fully saturated rings. The number of fused-ring (bicyclic) bond motifs is 1. The van der Waals surface area contributed by atoms with Gasteiger partial charge in [-0.25, -0.2) is 8.42 Å². The number of rotatable bonds is 1. The molecule has 1 atom stereocenters. The van der Waals surface area contributed by atoms with E-state index in [9.17, 15) is 18.0 Å². The molecular weight excluding hydrogens is 280 g/mol. The summed E-state index contributed by atoms with van der Waals surface area (Å²) in [4.78, 5) is 28.1. The summed E-state index contributed by atoms with van der Waals surface area (Å²) >= 11 is 0. The lowest BCUT2D eigenvalue weighted by Crippen LogP contribution is -2.49. The molecule has 0 N–H and O–H groups in total. The van der Waals surface area contributed by atoms with Gasteiger partial charge in [0.2, 0.25) is 11.8 Å². The van der Waals surface area contributed by atoms with Crippen LogP contribution in [0.2, 0.25) is 0 Å². The third-order valence-corrected chi connectivity index (χ3v) is 6.39. The highest BCUT2D eigenvalue weighted by Gasteiger charge is 2.42. The number of amides is 2. The van der Waals surface area contributed by atoms with Crippen LogP contribution in [0.3, 0.4) is 0 Å². The maximum Gasteiger partial charge on any atom is 0.245 e. The van der Waals surface area contributed by atoms with Crippen LogP contribution >= 0.6 is 0 Å². The third-order valence-electron chi connectivity index (χ3n) is 4.67. The van der Waals surface area contributed by atoms with Crippen LogP contribution in [-0.2, 0) is 19.4 Å². The SMILES string of the molecule is O=C1C2CCCN2C(=O)CCN1C1CCS(=O)(=O)CC1. The first kappa shape index (κ1) is 13.9. The van der Waals surface area contributed by atoms with Gasteiger partial charge < -0.3 is 9.80 Å². The van der Waals surface area contributed by atoms with E-state index in [4.69, 9.17) is 0 Å². The Kier molecular flexibility index (Phi) is 3.48. The highest BCUT2D eigenvalue weighted by molar-refractivity contribution is 7.91. The van der Waals surface area contributed by atoms with Gasteiger partial charge in [-0.3, -0.25) is 9.59 Å². The smallest absolute Gasteiger partial charge is 0.245 e. The standard InChI is InChI=1S/C13H20N2O4S/c16-12-3-7-14(10-4-8-20(18,19)9-5-10)13(17)11-2-1-6-15(11)12/h10-11H,1-9H2. The van der Waals surface area contributed by atoms with Crippen LogP contribution < -0.4 is 0 Å². The van der Waals surface area contributed by atoms with Crippen molar-refractivity contribution in [1.29, 1.82) is 0 Å². The van der Waals surface area contributed by atoms with E-state index in [2.05, 4.69) is 0 Å². The molecule has 0 saturated carbocycles. The Morgan fingerprint density at radius 3 is 2.35 bits per heavy atom. The zero-order valence-corrected chi connectivity index (χ0v) is 12.3. The Labute approximate surface area is 119 Å². The second kappa shape index (κ2) is 5.02. The minimum absolute atomic E-state index is 0.0145. The largest absolute Gasteiger partial charge is 0.337 e. The van der Waals surface area contributed by atoms with Crippen molar-refractivity contribution >= 4 is 21.7 Å². The summed E-state index contributed by atoms with van der Waals surface area (Å²) in [6.45, 7) is 1.12. The Hall–Kier alpha value is -1.11. The molecule has 0 aliphatic carbocycles. The van der Waals surface area contributed by atoms with E-state index in [1.165, 1.54) is 0 Å². The molecule has 0 aromatic heterocycles. The van der Waals surface area contributed by atoms with E-state index in [0.717, 1.165) is 12.8 Å². The van der Waals surface area contributed by atoms with Crippen LogP contribution in [0, 0.1) is 0 Å². The minimum atomic E-state index is -2.92. The lowest BCUT2D eigenvalue weighted by Gasteiger charge is -2.34. The van der Waals surface area contributed by atoms with Crippen molar-refractivity contribution in [2.75, 3.05) is 24.6 Å². The molecule has 2 amide bonds. The molecule has 6 nitrogen and oxygen atoms in total. The second-order valence-electron chi connectivity index (χ2n) is 5.91. The Morgan fingerprint density at radius 1 is 0.950 bits per heavy atom. The van der Waals surface area contributed by atoms with Gasteiger partial charge in [-0.2, -0.15) is 0 Å². The summed E-state index contributed by atoms with van der Waals surface area (Å²) in [6.07, 6.45) is 3.01. The molecule has 0 radical (unpaired) electrons. The van der Waals surface area contributed by atoms with Gasteiger partial charge in [-0.05, 0) is 25.7 Å². The maximum atomic E-state index is 12.6. The molecule has 20 heavy (non-hydrogen) atoms. The fourth-order valence-electron chi connectivity index (χ4n) is 3.54. The number of carbonyl (C=O) groups excluding carboxylic acids is 2. The minimum Gasteiger partial charge on any atom is -0.337 e. The molecule has 0 aromatic rings. The van der Waals surface area contributed by atoms with Crippen molar-refractivity contribution in [3.63, 3.8) is 0 Å².